The minimum atomic E-state index is -0.805. The van der Waals surface area contributed by atoms with E-state index in [0.717, 1.165) is 70.6 Å². The summed E-state index contributed by atoms with van der Waals surface area (Å²) >= 11 is 0. The zero-order valence-electron chi connectivity index (χ0n) is 23.3. The second kappa shape index (κ2) is 26.9. The number of aliphatic hydroxyl groups excluding tert-OH is 2. The van der Waals surface area contributed by atoms with E-state index in [0.29, 0.717) is 12.8 Å². The molecule has 0 aliphatic carbocycles. The van der Waals surface area contributed by atoms with Crippen LogP contribution in [0.2, 0.25) is 0 Å². The van der Waals surface area contributed by atoms with Gasteiger partial charge in [0, 0.05) is 12.8 Å². The van der Waals surface area contributed by atoms with Gasteiger partial charge in [0.25, 0.3) is 0 Å². The van der Waals surface area contributed by atoms with E-state index in [9.17, 15) is 19.8 Å². The number of carbonyl (C=O) groups is 2. The van der Waals surface area contributed by atoms with Crippen LogP contribution in [-0.4, -0.2) is 47.6 Å². The van der Waals surface area contributed by atoms with Gasteiger partial charge >= 0.3 is 11.9 Å². The Morgan fingerprint density at radius 2 is 1.32 bits per heavy atom. The summed E-state index contributed by atoms with van der Waals surface area (Å²) < 4.78 is 10.4. The molecule has 0 heterocycles. The van der Waals surface area contributed by atoms with Crippen LogP contribution in [-0.2, 0) is 19.1 Å². The predicted molar refractivity (Wildman–Crippen MR) is 151 cm³/mol. The van der Waals surface area contributed by atoms with Gasteiger partial charge in [0.2, 0.25) is 0 Å². The highest BCUT2D eigenvalue weighted by atomic mass is 16.6. The number of esters is 2. The van der Waals surface area contributed by atoms with E-state index in [1.165, 1.54) is 6.42 Å². The van der Waals surface area contributed by atoms with E-state index in [-0.39, 0.29) is 37.7 Å². The van der Waals surface area contributed by atoms with Crippen LogP contribution in [0.1, 0.15) is 110 Å². The zero-order valence-corrected chi connectivity index (χ0v) is 23.3. The standard InChI is InChI=1S/C31H52O6/c1-3-5-6-16-20-24-30(34)36-27-29(26-32)37-31(35)25-21-18-15-13-11-9-7-8-10-12-14-17-19-23-28(33)22-4-2/h7,9-10,12-13,15,17,19,28-29,32-33H,3-6,8,11,14,16,18,20-27H2,1-2H3/b9-7-,12-10-,15-13-,19-17-/t28?,29-/m0/s1. The minimum Gasteiger partial charge on any atom is -0.462 e. The Hall–Kier alpha value is -2.18. The van der Waals surface area contributed by atoms with Crippen LogP contribution in [0.3, 0.4) is 0 Å². The van der Waals surface area contributed by atoms with Crippen LogP contribution in [0.15, 0.2) is 48.6 Å². The van der Waals surface area contributed by atoms with Crippen LogP contribution in [0.5, 0.6) is 0 Å². The van der Waals surface area contributed by atoms with Gasteiger partial charge in [0.05, 0.1) is 12.7 Å². The molecule has 0 aromatic heterocycles. The van der Waals surface area contributed by atoms with Crippen LogP contribution < -0.4 is 0 Å². The second-order valence-corrected chi connectivity index (χ2v) is 9.30. The maximum atomic E-state index is 12.0. The molecular formula is C31H52O6. The number of allylic oxidation sites excluding steroid dienone is 7. The van der Waals surface area contributed by atoms with Crippen LogP contribution in [0, 0.1) is 0 Å². The Balaban J connectivity index is 3.79. The number of hydrogen-bond donors (Lipinski definition) is 2. The van der Waals surface area contributed by atoms with Crippen molar-refractivity contribution in [2.75, 3.05) is 13.2 Å². The molecule has 0 saturated heterocycles. The fourth-order valence-corrected chi connectivity index (χ4v) is 3.50. The summed E-state index contributed by atoms with van der Waals surface area (Å²) in [5.41, 5.74) is 0. The molecule has 0 rings (SSSR count). The summed E-state index contributed by atoms with van der Waals surface area (Å²) in [6.45, 7) is 3.76. The van der Waals surface area contributed by atoms with E-state index < -0.39 is 6.10 Å². The first-order chi connectivity index (χ1) is 18.0. The lowest BCUT2D eigenvalue weighted by atomic mass is 10.1. The molecule has 1 unspecified atom stereocenters. The van der Waals surface area contributed by atoms with Crippen molar-refractivity contribution in [3.63, 3.8) is 0 Å². The van der Waals surface area contributed by atoms with Gasteiger partial charge in [-0.25, -0.2) is 0 Å². The molecule has 2 atom stereocenters. The van der Waals surface area contributed by atoms with Crippen molar-refractivity contribution in [1.82, 2.24) is 0 Å². The average molecular weight is 521 g/mol. The number of unbranched alkanes of at least 4 members (excludes halogenated alkanes) is 5. The molecule has 0 aliphatic rings. The first kappa shape index (κ1) is 34.8. The van der Waals surface area contributed by atoms with Gasteiger partial charge in [-0.1, -0.05) is 94.6 Å². The molecule has 0 amide bonds. The van der Waals surface area contributed by atoms with Gasteiger partial charge < -0.3 is 19.7 Å². The van der Waals surface area contributed by atoms with Crippen molar-refractivity contribution in [2.24, 2.45) is 0 Å². The smallest absolute Gasteiger partial charge is 0.306 e. The lowest BCUT2D eigenvalue weighted by Gasteiger charge is -2.15. The van der Waals surface area contributed by atoms with Crippen LogP contribution in [0.4, 0.5) is 0 Å². The van der Waals surface area contributed by atoms with Gasteiger partial charge in [0.15, 0.2) is 6.10 Å². The van der Waals surface area contributed by atoms with Crippen LogP contribution >= 0.6 is 0 Å². The molecule has 0 fully saturated rings. The van der Waals surface area contributed by atoms with Crippen LogP contribution in [0.25, 0.3) is 0 Å². The molecule has 0 aliphatic heterocycles. The van der Waals surface area contributed by atoms with Gasteiger partial charge in [-0.2, -0.15) is 0 Å². The summed E-state index contributed by atoms with van der Waals surface area (Å²) in [4.78, 5) is 23.7. The number of ether oxygens (including phenoxy) is 2. The fourth-order valence-electron chi connectivity index (χ4n) is 3.50. The lowest BCUT2D eigenvalue weighted by Crippen LogP contribution is -2.28. The van der Waals surface area contributed by atoms with Gasteiger partial charge in [-0.15, -0.1) is 0 Å². The third-order valence-corrected chi connectivity index (χ3v) is 5.68. The van der Waals surface area contributed by atoms with E-state index in [1.54, 1.807) is 0 Å². The van der Waals surface area contributed by atoms with Crippen molar-refractivity contribution in [1.29, 1.82) is 0 Å². The van der Waals surface area contributed by atoms with Crippen molar-refractivity contribution < 1.29 is 29.3 Å². The quantitative estimate of drug-likeness (QED) is 0.0816. The highest BCUT2D eigenvalue weighted by Crippen LogP contribution is 2.07. The van der Waals surface area contributed by atoms with E-state index in [2.05, 4.69) is 56.4 Å². The molecule has 0 bridgehead atoms. The predicted octanol–water partition coefficient (Wildman–Crippen LogP) is 6.91. The largest absolute Gasteiger partial charge is 0.462 e. The molecule has 6 heteroatoms. The molecule has 0 aromatic rings. The van der Waals surface area contributed by atoms with Crippen molar-refractivity contribution in [2.45, 2.75) is 122 Å². The molecular weight excluding hydrogens is 468 g/mol. The van der Waals surface area contributed by atoms with E-state index >= 15 is 0 Å². The molecule has 0 aromatic carbocycles. The monoisotopic (exact) mass is 520 g/mol. The summed E-state index contributed by atoms with van der Waals surface area (Å²) in [5, 5.41) is 19.0. The Labute approximate surface area is 225 Å². The third-order valence-electron chi connectivity index (χ3n) is 5.68. The summed E-state index contributed by atoms with van der Waals surface area (Å²) in [6, 6.07) is 0. The second-order valence-electron chi connectivity index (χ2n) is 9.30. The van der Waals surface area contributed by atoms with Gasteiger partial charge in [0.1, 0.15) is 6.61 Å². The molecule has 2 N–H and O–H groups in total. The third kappa shape index (κ3) is 25.3. The Morgan fingerprint density at radius 1 is 0.730 bits per heavy atom. The molecule has 0 spiro atoms. The van der Waals surface area contributed by atoms with Crippen molar-refractivity contribution >= 4 is 11.9 Å². The molecule has 0 saturated carbocycles. The van der Waals surface area contributed by atoms with Gasteiger partial charge in [-0.3, -0.25) is 9.59 Å². The fraction of sp³-hybridized carbons (Fsp3) is 0.677. The van der Waals surface area contributed by atoms with Gasteiger partial charge in [-0.05, 0) is 51.4 Å². The molecule has 212 valence electrons. The van der Waals surface area contributed by atoms with E-state index in [4.69, 9.17) is 9.47 Å². The first-order valence-electron chi connectivity index (χ1n) is 14.3. The number of carbonyl (C=O) groups excluding carboxylic acids is 2. The topological polar surface area (TPSA) is 93.1 Å². The maximum absolute atomic E-state index is 12.0. The highest BCUT2D eigenvalue weighted by Gasteiger charge is 2.15. The molecule has 6 nitrogen and oxygen atoms in total. The highest BCUT2D eigenvalue weighted by molar-refractivity contribution is 5.70. The summed E-state index contributed by atoms with van der Waals surface area (Å²) in [6.07, 6.45) is 28.3. The number of hydrogen-bond acceptors (Lipinski definition) is 6. The SMILES string of the molecule is CCCCCCCC(=O)OC[C@H](CO)OC(=O)CCC/C=C\C/C=C\C/C=C\C/C=C\CC(O)CCC. The van der Waals surface area contributed by atoms with Crippen molar-refractivity contribution in [3.8, 4) is 0 Å². The van der Waals surface area contributed by atoms with E-state index in [1.807, 2.05) is 6.08 Å². The summed E-state index contributed by atoms with van der Waals surface area (Å²) in [5.74, 6) is -0.699. The zero-order chi connectivity index (χ0) is 27.4. The average Bonchev–Trinajstić information content (AvgIpc) is 2.88. The van der Waals surface area contributed by atoms with Crippen molar-refractivity contribution in [3.05, 3.63) is 48.6 Å². The lowest BCUT2D eigenvalue weighted by molar-refractivity contribution is -0.161. The Morgan fingerprint density at radius 3 is 1.95 bits per heavy atom. The number of aliphatic hydroxyl groups is 2. The number of rotatable bonds is 24. The minimum absolute atomic E-state index is 0.0999. The maximum Gasteiger partial charge on any atom is 0.306 e. The first-order valence-corrected chi connectivity index (χ1v) is 14.3. The summed E-state index contributed by atoms with van der Waals surface area (Å²) in [7, 11) is 0. The molecule has 0 radical (unpaired) electrons. The molecule has 37 heavy (non-hydrogen) atoms. The Bertz CT molecular complexity index is 665. The Kier molecular flexibility index (Phi) is 25.3. The normalized spacial score (nSPS) is 13.7.